The molecule has 4 rings (SSSR count). The van der Waals surface area contributed by atoms with Crippen molar-refractivity contribution in [2.45, 2.75) is 46.1 Å². The first kappa shape index (κ1) is 22.4. The number of halogens is 1. The lowest BCUT2D eigenvalue weighted by atomic mass is 9.74. The van der Waals surface area contributed by atoms with Crippen molar-refractivity contribution < 1.29 is 9.59 Å². The molecule has 2 aromatic rings. The molecule has 6 heteroatoms. The molecule has 5 nitrogen and oxygen atoms in total. The highest BCUT2D eigenvalue weighted by Gasteiger charge is 2.39. The van der Waals surface area contributed by atoms with Crippen LogP contribution < -0.4 is 15.5 Å². The van der Waals surface area contributed by atoms with Crippen LogP contribution in [0.1, 0.15) is 39.2 Å². The third-order valence-corrected chi connectivity index (χ3v) is 6.52. The standard InChI is InChI=1S/C26H30ClN3O2/c1-17-25-21(14-26(2,3)15-23(25)31)29-20-6-4-5-7-22(20)30(17)16-24(32)28-13-12-18-8-10-19(27)11-9-18/h4-11,17,29H,12-16H2,1-3H3,(H,28,32). The largest absolute Gasteiger partial charge is 0.357 e. The molecule has 2 N–H and O–H groups in total. The van der Waals surface area contributed by atoms with Gasteiger partial charge in [0, 0.05) is 29.3 Å². The second kappa shape index (κ2) is 8.99. The lowest BCUT2D eigenvalue weighted by Crippen LogP contribution is -2.45. The van der Waals surface area contributed by atoms with Crippen LogP contribution in [0.15, 0.2) is 59.8 Å². The molecule has 0 saturated carbocycles. The average Bonchev–Trinajstić information content (AvgIpc) is 2.83. The summed E-state index contributed by atoms with van der Waals surface area (Å²) in [5.74, 6) is 0.102. The Morgan fingerprint density at radius 2 is 1.88 bits per heavy atom. The van der Waals surface area contributed by atoms with E-state index in [4.69, 9.17) is 11.6 Å². The van der Waals surface area contributed by atoms with Crippen LogP contribution in [0.4, 0.5) is 11.4 Å². The smallest absolute Gasteiger partial charge is 0.239 e. The van der Waals surface area contributed by atoms with Gasteiger partial charge >= 0.3 is 0 Å². The predicted molar refractivity (Wildman–Crippen MR) is 130 cm³/mol. The zero-order chi connectivity index (χ0) is 22.9. The Labute approximate surface area is 194 Å². The molecule has 1 heterocycles. The maximum atomic E-state index is 13.1. The molecule has 32 heavy (non-hydrogen) atoms. The highest BCUT2D eigenvalue weighted by molar-refractivity contribution is 6.30. The molecule has 1 unspecified atom stereocenters. The molecule has 0 aromatic heterocycles. The summed E-state index contributed by atoms with van der Waals surface area (Å²) in [6.07, 6.45) is 2.07. The minimum absolute atomic E-state index is 0.0618. The summed E-state index contributed by atoms with van der Waals surface area (Å²) in [6, 6.07) is 15.4. The second-order valence-corrected chi connectivity index (χ2v) is 9.94. The third kappa shape index (κ3) is 4.83. The SMILES string of the molecule is CC1C2=C(CC(C)(C)CC2=O)Nc2ccccc2N1CC(=O)NCCc1ccc(Cl)cc1. The number of anilines is 2. The van der Waals surface area contributed by atoms with Crippen molar-refractivity contribution in [1.82, 2.24) is 5.32 Å². The lowest BCUT2D eigenvalue weighted by molar-refractivity contribution is -0.120. The van der Waals surface area contributed by atoms with E-state index in [2.05, 4.69) is 24.5 Å². The van der Waals surface area contributed by atoms with Crippen LogP contribution in [0.5, 0.6) is 0 Å². The zero-order valence-electron chi connectivity index (χ0n) is 18.9. The maximum Gasteiger partial charge on any atom is 0.239 e. The third-order valence-electron chi connectivity index (χ3n) is 6.27. The summed E-state index contributed by atoms with van der Waals surface area (Å²) in [4.78, 5) is 28.0. The summed E-state index contributed by atoms with van der Waals surface area (Å²) in [7, 11) is 0. The normalized spacial score (nSPS) is 19.6. The number of hydrogen-bond donors (Lipinski definition) is 2. The first-order chi connectivity index (χ1) is 15.2. The van der Waals surface area contributed by atoms with Gasteiger partial charge in [0.25, 0.3) is 0 Å². The molecule has 168 valence electrons. The molecule has 0 radical (unpaired) electrons. The molecular formula is C26H30ClN3O2. The Bertz CT molecular complexity index is 1060. The Kier molecular flexibility index (Phi) is 6.29. The molecule has 1 amide bonds. The molecule has 2 aliphatic rings. The van der Waals surface area contributed by atoms with E-state index in [0.717, 1.165) is 41.1 Å². The van der Waals surface area contributed by atoms with E-state index in [1.807, 2.05) is 60.4 Å². The number of hydrogen-bond acceptors (Lipinski definition) is 4. The second-order valence-electron chi connectivity index (χ2n) is 9.51. The summed E-state index contributed by atoms with van der Waals surface area (Å²) < 4.78 is 0. The highest BCUT2D eigenvalue weighted by atomic mass is 35.5. The fraction of sp³-hybridized carbons (Fsp3) is 0.385. The van der Waals surface area contributed by atoms with E-state index < -0.39 is 0 Å². The molecule has 0 saturated heterocycles. The number of benzene rings is 2. The number of allylic oxidation sites excluding steroid dienone is 1. The van der Waals surface area contributed by atoms with Crippen LogP contribution in [0.25, 0.3) is 0 Å². The molecule has 1 aliphatic carbocycles. The number of fused-ring (bicyclic) bond motifs is 1. The number of carbonyl (C=O) groups is 2. The monoisotopic (exact) mass is 451 g/mol. The van der Waals surface area contributed by atoms with Gasteiger partial charge in [-0.1, -0.05) is 49.7 Å². The Morgan fingerprint density at radius 3 is 2.62 bits per heavy atom. The van der Waals surface area contributed by atoms with Crippen LogP contribution in [0.2, 0.25) is 5.02 Å². The van der Waals surface area contributed by atoms with Gasteiger partial charge in [0.2, 0.25) is 5.91 Å². The van der Waals surface area contributed by atoms with Crippen LogP contribution in [0.3, 0.4) is 0 Å². The fourth-order valence-electron chi connectivity index (χ4n) is 4.72. The van der Waals surface area contributed by atoms with Crippen molar-refractivity contribution in [2.75, 3.05) is 23.3 Å². The highest BCUT2D eigenvalue weighted by Crippen LogP contribution is 2.43. The van der Waals surface area contributed by atoms with Gasteiger partial charge in [-0.05, 0) is 55.0 Å². The molecule has 2 aromatic carbocycles. The van der Waals surface area contributed by atoms with Gasteiger partial charge in [0.15, 0.2) is 5.78 Å². The van der Waals surface area contributed by atoms with Gasteiger partial charge in [-0.25, -0.2) is 0 Å². The lowest BCUT2D eigenvalue weighted by Gasteiger charge is -2.36. The van der Waals surface area contributed by atoms with Gasteiger partial charge < -0.3 is 15.5 Å². The van der Waals surface area contributed by atoms with E-state index in [1.54, 1.807) is 0 Å². The fourth-order valence-corrected chi connectivity index (χ4v) is 4.84. The van der Waals surface area contributed by atoms with Gasteiger partial charge in [0.1, 0.15) is 0 Å². The maximum absolute atomic E-state index is 13.1. The first-order valence-electron chi connectivity index (χ1n) is 11.1. The van der Waals surface area contributed by atoms with Crippen molar-refractivity contribution in [3.63, 3.8) is 0 Å². The van der Waals surface area contributed by atoms with Crippen molar-refractivity contribution in [3.05, 3.63) is 70.4 Å². The van der Waals surface area contributed by atoms with Gasteiger partial charge in [-0.3, -0.25) is 9.59 Å². The quantitative estimate of drug-likeness (QED) is 0.674. The van der Waals surface area contributed by atoms with Crippen molar-refractivity contribution in [3.8, 4) is 0 Å². The molecule has 1 aliphatic heterocycles. The van der Waals surface area contributed by atoms with E-state index in [1.165, 1.54) is 0 Å². The molecule has 1 atom stereocenters. The minimum Gasteiger partial charge on any atom is -0.357 e. The van der Waals surface area contributed by atoms with Crippen molar-refractivity contribution in [1.29, 1.82) is 0 Å². The summed E-state index contributed by atoms with van der Waals surface area (Å²) in [6.45, 7) is 7.02. The van der Waals surface area contributed by atoms with Crippen LogP contribution in [0, 0.1) is 5.41 Å². The molecule has 0 fully saturated rings. The van der Waals surface area contributed by atoms with E-state index >= 15 is 0 Å². The van der Waals surface area contributed by atoms with Gasteiger partial charge in [-0.15, -0.1) is 0 Å². The van der Waals surface area contributed by atoms with Crippen LogP contribution >= 0.6 is 11.6 Å². The Balaban J connectivity index is 1.52. The van der Waals surface area contributed by atoms with Gasteiger partial charge in [-0.2, -0.15) is 0 Å². The average molecular weight is 452 g/mol. The van der Waals surface area contributed by atoms with Crippen LogP contribution in [-0.4, -0.2) is 30.8 Å². The van der Waals surface area contributed by atoms with E-state index in [0.29, 0.717) is 18.0 Å². The number of nitrogens with one attached hydrogen (secondary N) is 2. The zero-order valence-corrected chi connectivity index (χ0v) is 19.6. The van der Waals surface area contributed by atoms with E-state index in [-0.39, 0.29) is 29.7 Å². The van der Waals surface area contributed by atoms with Crippen molar-refractivity contribution >= 4 is 34.7 Å². The van der Waals surface area contributed by atoms with Gasteiger partial charge in [0.05, 0.1) is 24.0 Å². The van der Waals surface area contributed by atoms with Crippen molar-refractivity contribution in [2.24, 2.45) is 5.41 Å². The number of carbonyl (C=O) groups excluding carboxylic acids is 2. The Morgan fingerprint density at radius 1 is 1.16 bits per heavy atom. The minimum atomic E-state index is -0.188. The first-order valence-corrected chi connectivity index (χ1v) is 11.5. The number of amides is 1. The number of Topliss-reactive ketones (excluding diaryl/α,β-unsaturated/α-hetero) is 1. The molecule has 0 bridgehead atoms. The number of rotatable bonds is 5. The predicted octanol–water partition coefficient (Wildman–Crippen LogP) is 4.96. The summed E-state index contributed by atoms with van der Waals surface area (Å²) in [5, 5.41) is 7.25. The number of nitrogens with zero attached hydrogens (tertiary/aromatic N) is 1. The molecular weight excluding hydrogens is 422 g/mol. The van der Waals surface area contributed by atoms with E-state index in [9.17, 15) is 9.59 Å². The Hall–Kier alpha value is -2.79. The topological polar surface area (TPSA) is 61.4 Å². The molecule has 0 spiro atoms. The summed E-state index contributed by atoms with van der Waals surface area (Å²) >= 11 is 5.94. The summed E-state index contributed by atoms with van der Waals surface area (Å²) in [5.41, 5.74) is 4.70. The number of ketones is 1. The van der Waals surface area contributed by atoms with Crippen LogP contribution in [-0.2, 0) is 16.0 Å². The number of para-hydroxylation sites is 2.